The lowest BCUT2D eigenvalue weighted by atomic mass is 9.98. The average Bonchev–Trinajstić information content (AvgIpc) is 3.06. The zero-order valence-electron chi connectivity index (χ0n) is 14.5. The van der Waals surface area contributed by atoms with E-state index in [1.165, 1.54) is 11.3 Å². The first kappa shape index (κ1) is 17.0. The van der Waals surface area contributed by atoms with Crippen molar-refractivity contribution in [1.82, 2.24) is 19.8 Å². The molecule has 1 aliphatic rings. The maximum atomic E-state index is 12.7. The summed E-state index contributed by atoms with van der Waals surface area (Å²) in [6, 6.07) is 5.99. The van der Waals surface area contributed by atoms with Crippen LogP contribution < -0.4 is 0 Å². The Morgan fingerprint density at radius 1 is 1.17 bits per heavy atom. The minimum atomic E-state index is -0.00935. The maximum Gasteiger partial charge on any atom is 0.265 e. The second kappa shape index (κ2) is 6.99. The summed E-state index contributed by atoms with van der Waals surface area (Å²) >= 11 is 1.52. The second-order valence-corrected chi connectivity index (χ2v) is 8.20. The Hall–Kier alpha value is -1.79. The molecule has 0 spiro atoms. The van der Waals surface area contributed by atoms with Gasteiger partial charge in [-0.3, -0.25) is 14.7 Å². The van der Waals surface area contributed by atoms with Gasteiger partial charge >= 0.3 is 0 Å². The molecule has 0 radical (unpaired) electrons. The molecule has 0 aromatic carbocycles. The molecule has 5 nitrogen and oxygen atoms in total. The van der Waals surface area contributed by atoms with Crippen LogP contribution in [0.5, 0.6) is 0 Å². The predicted molar refractivity (Wildman–Crippen MR) is 96.2 cm³/mol. The Labute approximate surface area is 147 Å². The van der Waals surface area contributed by atoms with Crippen LogP contribution in [0.1, 0.15) is 41.1 Å². The van der Waals surface area contributed by atoms with Gasteiger partial charge in [-0.05, 0) is 12.1 Å². The van der Waals surface area contributed by atoms with E-state index in [9.17, 15) is 4.79 Å². The highest BCUT2D eigenvalue weighted by Gasteiger charge is 2.26. The van der Waals surface area contributed by atoms with Crippen molar-refractivity contribution in [3.05, 3.63) is 46.2 Å². The minimum absolute atomic E-state index is 0.00935. The Morgan fingerprint density at radius 3 is 2.50 bits per heavy atom. The molecule has 0 N–H and O–H groups in total. The molecule has 6 heteroatoms. The maximum absolute atomic E-state index is 12.7. The van der Waals surface area contributed by atoms with Crippen LogP contribution in [-0.4, -0.2) is 51.9 Å². The fourth-order valence-corrected chi connectivity index (χ4v) is 3.65. The molecule has 128 valence electrons. The van der Waals surface area contributed by atoms with Crippen LogP contribution in [0.2, 0.25) is 0 Å². The highest BCUT2D eigenvalue weighted by atomic mass is 32.1. The molecule has 1 fully saturated rings. The van der Waals surface area contributed by atoms with E-state index in [-0.39, 0.29) is 11.3 Å². The van der Waals surface area contributed by atoms with Crippen molar-refractivity contribution < 1.29 is 4.79 Å². The van der Waals surface area contributed by atoms with Crippen molar-refractivity contribution >= 4 is 17.2 Å². The molecule has 2 aromatic heterocycles. The van der Waals surface area contributed by atoms with Gasteiger partial charge in [0.05, 0.1) is 16.9 Å². The number of pyridine rings is 1. The topological polar surface area (TPSA) is 49.3 Å². The number of rotatable bonds is 3. The van der Waals surface area contributed by atoms with Gasteiger partial charge < -0.3 is 4.90 Å². The molecule has 0 bridgehead atoms. The van der Waals surface area contributed by atoms with Crippen LogP contribution in [0, 0.1) is 0 Å². The lowest BCUT2D eigenvalue weighted by molar-refractivity contribution is 0.0631. The molecule has 0 unspecified atom stereocenters. The zero-order valence-corrected chi connectivity index (χ0v) is 15.3. The van der Waals surface area contributed by atoms with Gasteiger partial charge in [0, 0.05) is 44.3 Å². The third kappa shape index (κ3) is 3.99. The fourth-order valence-electron chi connectivity index (χ4n) is 2.71. The van der Waals surface area contributed by atoms with E-state index in [0.29, 0.717) is 0 Å². The van der Waals surface area contributed by atoms with Gasteiger partial charge in [0.2, 0.25) is 0 Å². The molecule has 1 aliphatic heterocycles. The monoisotopic (exact) mass is 344 g/mol. The van der Waals surface area contributed by atoms with E-state index in [1.807, 2.05) is 29.3 Å². The van der Waals surface area contributed by atoms with E-state index in [4.69, 9.17) is 0 Å². The van der Waals surface area contributed by atoms with Gasteiger partial charge in [-0.2, -0.15) is 0 Å². The van der Waals surface area contributed by atoms with E-state index in [1.54, 1.807) is 6.20 Å². The third-order valence-corrected chi connectivity index (χ3v) is 5.54. The van der Waals surface area contributed by atoms with E-state index < -0.39 is 0 Å². The first-order valence-corrected chi connectivity index (χ1v) is 9.13. The van der Waals surface area contributed by atoms with Crippen molar-refractivity contribution in [3.8, 4) is 0 Å². The number of carbonyl (C=O) groups is 1. The van der Waals surface area contributed by atoms with Gasteiger partial charge in [0.25, 0.3) is 5.91 Å². The van der Waals surface area contributed by atoms with Gasteiger partial charge in [0.1, 0.15) is 4.88 Å². The lowest BCUT2D eigenvalue weighted by Gasteiger charge is -2.34. The standard InChI is InChI=1S/C18H24N4OS/c1-18(2,3)17-20-12-15(24-17)16(23)22-10-8-21(9-11-22)13-14-6-4-5-7-19-14/h4-7,12H,8-11,13H2,1-3H3. The number of thiazole rings is 1. The van der Waals surface area contributed by atoms with Crippen LogP contribution >= 0.6 is 11.3 Å². The largest absolute Gasteiger partial charge is 0.335 e. The molecule has 2 aromatic rings. The van der Waals surface area contributed by atoms with Crippen molar-refractivity contribution in [1.29, 1.82) is 0 Å². The molecule has 0 atom stereocenters. The molecule has 1 saturated heterocycles. The Morgan fingerprint density at radius 2 is 1.92 bits per heavy atom. The third-order valence-electron chi connectivity index (χ3n) is 4.13. The number of carbonyl (C=O) groups excluding carboxylic acids is 1. The quantitative estimate of drug-likeness (QED) is 0.859. The van der Waals surface area contributed by atoms with E-state index in [2.05, 4.69) is 35.6 Å². The first-order valence-electron chi connectivity index (χ1n) is 8.31. The Balaban J connectivity index is 1.56. The molecule has 0 aliphatic carbocycles. The summed E-state index contributed by atoms with van der Waals surface area (Å²) in [6.45, 7) is 10.5. The Bertz CT molecular complexity index is 685. The van der Waals surface area contributed by atoms with Crippen molar-refractivity contribution in [2.45, 2.75) is 32.7 Å². The summed E-state index contributed by atoms with van der Waals surface area (Å²) < 4.78 is 0. The van der Waals surface area contributed by atoms with Crippen LogP contribution in [0.25, 0.3) is 0 Å². The average molecular weight is 344 g/mol. The molecule has 3 heterocycles. The van der Waals surface area contributed by atoms with Gasteiger partial charge in [-0.25, -0.2) is 4.98 Å². The minimum Gasteiger partial charge on any atom is -0.335 e. The molecule has 24 heavy (non-hydrogen) atoms. The summed E-state index contributed by atoms with van der Waals surface area (Å²) in [6.07, 6.45) is 3.56. The summed E-state index contributed by atoms with van der Waals surface area (Å²) in [7, 11) is 0. The number of aromatic nitrogens is 2. The SMILES string of the molecule is CC(C)(C)c1ncc(C(=O)N2CCN(Cc3ccccn3)CC2)s1. The predicted octanol–water partition coefficient (Wildman–Crippen LogP) is 2.79. The summed E-state index contributed by atoms with van der Waals surface area (Å²) in [5.74, 6) is 0.112. The van der Waals surface area contributed by atoms with Gasteiger partial charge in [-0.15, -0.1) is 11.3 Å². The highest BCUT2D eigenvalue weighted by Crippen LogP contribution is 2.27. The summed E-state index contributed by atoms with van der Waals surface area (Å²) in [5, 5.41) is 1.01. The van der Waals surface area contributed by atoms with Crippen LogP contribution in [-0.2, 0) is 12.0 Å². The number of amides is 1. The highest BCUT2D eigenvalue weighted by molar-refractivity contribution is 7.13. The van der Waals surface area contributed by atoms with Crippen LogP contribution in [0.3, 0.4) is 0 Å². The number of piperazine rings is 1. The van der Waals surface area contributed by atoms with Crippen molar-refractivity contribution in [2.24, 2.45) is 0 Å². The van der Waals surface area contributed by atoms with E-state index in [0.717, 1.165) is 48.3 Å². The van der Waals surface area contributed by atoms with Crippen LogP contribution in [0.4, 0.5) is 0 Å². The molecule has 0 saturated carbocycles. The second-order valence-electron chi connectivity index (χ2n) is 7.17. The van der Waals surface area contributed by atoms with Crippen molar-refractivity contribution in [3.63, 3.8) is 0 Å². The smallest absolute Gasteiger partial charge is 0.265 e. The fraction of sp³-hybridized carbons (Fsp3) is 0.500. The number of hydrogen-bond acceptors (Lipinski definition) is 5. The van der Waals surface area contributed by atoms with Crippen LogP contribution in [0.15, 0.2) is 30.6 Å². The van der Waals surface area contributed by atoms with Crippen molar-refractivity contribution in [2.75, 3.05) is 26.2 Å². The normalized spacial score (nSPS) is 16.4. The lowest BCUT2D eigenvalue weighted by Crippen LogP contribution is -2.48. The molecular weight excluding hydrogens is 320 g/mol. The van der Waals surface area contributed by atoms with E-state index >= 15 is 0 Å². The van der Waals surface area contributed by atoms with Gasteiger partial charge in [0.15, 0.2) is 0 Å². The number of nitrogens with zero attached hydrogens (tertiary/aromatic N) is 4. The number of hydrogen-bond donors (Lipinski definition) is 0. The van der Waals surface area contributed by atoms with Gasteiger partial charge in [-0.1, -0.05) is 26.8 Å². The molecule has 1 amide bonds. The molecule has 3 rings (SSSR count). The summed E-state index contributed by atoms with van der Waals surface area (Å²) in [5.41, 5.74) is 1.07. The zero-order chi connectivity index (χ0) is 17.2. The summed E-state index contributed by atoms with van der Waals surface area (Å²) in [4.78, 5) is 26.5. The Kier molecular flexibility index (Phi) is 4.96. The first-order chi connectivity index (χ1) is 11.4. The molecular formula is C18H24N4OS.